The van der Waals surface area contributed by atoms with Gasteiger partial charge in [0, 0.05) is 0 Å². The fourth-order valence-corrected chi connectivity index (χ4v) is 3.23. The van der Waals surface area contributed by atoms with E-state index in [4.69, 9.17) is 0 Å². The van der Waals surface area contributed by atoms with Crippen molar-refractivity contribution in [2.75, 3.05) is 0 Å². The summed E-state index contributed by atoms with van der Waals surface area (Å²) in [5.74, 6) is 0.0266. The van der Waals surface area contributed by atoms with Crippen LogP contribution in [0.3, 0.4) is 0 Å². The second-order valence-electron chi connectivity index (χ2n) is 3.83. The van der Waals surface area contributed by atoms with E-state index in [9.17, 15) is 14.9 Å². The average Bonchev–Trinajstić information content (AvgIpc) is 2.46. The molecule has 0 saturated carbocycles. The van der Waals surface area contributed by atoms with Crippen molar-refractivity contribution < 1.29 is 9.72 Å². The Morgan fingerprint density at radius 1 is 1.05 bits per heavy atom. The normalized spacial score (nSPS) is 10.1. The second kappa shape index (κ2) is 6.27. The molecular weight excluding hydrogens is 309 g/mol. The van der Waals surface area contributed by atoms with Crippen LogP contribution >= 0.6 is 0 Å². The number of nitro groups is 1. The topological polar surface area (TPSA) is 60.2 Å². The van der Waals surface area contributed by atoms with Crippen molar-refractivity contribution in [3.05, 3.63) is 70.3 Å². The molecule has 0 amide bonds. The van der Waals surface area contributed by atoms with Gasteiger partial charge < -0.3 is 0 Å². The predicted octanol–water partition coefficient (Wildman–Crippen LogP) is 2.23. The number of Topliss-reactive ketones (excluding diaryl/α,β-unsaturated/α-hetero) is 1. The van der Waals surface area contributed by atoms with E-state index in [1.54, 1.807) is 0 Å². The van der Waals surface area contributed by atoms with Crippen LogP contribution in [0.25, 0.3) is 0 Å². The Bertz CT molecular complexity index is 581. The van der Waals surface area contributed by atoms with Gasteiger partial charge in [0.2, 0.25) is 0 Å². The summed E-state index contributed by atoms with van der Waals surface area (Å²) in [6.45, 7) is 0. The molecule has 0 aliphatic carbocycles. The van der Waals surface area contributed by atoms with Gasteiger partial charge in [0.1, 0.15) is 0 Å². The molecule has 0 heterocycles. The van der Waals surface area contributed by atoms with Gasteiger partial charge in [-0.1, -0.05) is 0 Å². The molecule has 0 aliphatic rings. The van der Waals surface area contributed by atoms with Gasteiger partial charge in [0.15, 0.2) is 0 Å². The first-order chi connectivity index (χ1) is 9.16. The monoisotopic (exact) mass is 321 g/mol. The van der Waals surface area contributed by atoms with Crippen molar-refractivity contribution in [2.24, 2.45) is 0 Å². The Kier molecular flexibility index (Phi) is 4.44. The molecule has 0 fully saturated rings. The fourth-order valence-electron chi connectivity index (χ4n) is 1.52. The summed E-state index contributed by atoms with van der Waals surface area (Å²) >= 11 is 0.0973. The van der Waals surface area contributed by atoms with E-state index in [1.807, 2.05) is 30.3 Å². The van der Waals surface area contributed by atoms with Gasteiger partial charge in [0.05, 0.1) is 0 Å². The number of hydrogen-bond acceptors (Lipinski definition) is 3. The molecule has 0 radical (unpaired) electrons. The number of nitro benzene ring substituents is 1. The summed E-state index contributed by atoms with van der Waals surface area (Å²) in [5.41, 5.74) is 0.536. The summed E-state index contributed by atoms with van der Waals surface area (Å²) in [5, 5.41) is 11.0. The maximum absolute atomic E-state index is 11.9. The first kappa shape index (κ1) is 13.5. The quantitative estimate of drug-likeness (QED) is 0.367. The van der Waals surface area contributed by atoms with Gasteiger partial charge in [-0.15, -0.1) is 0 Å². The van der Waals surface area contributed by atoms with Crippen LogP contribution in [-0.2, 0) is 0 Å². The summed E-state index contributed by atoms with van der Waals surface area (Å²) in [4.78, 5) is 22.0. The summed E-state index contributed by atoms with van der Waals surface area (Å²) < 4.78 is 1.17. The van der Waals surface area contributed by atoms with Crippen molar-refractivity contribution >= 4 is 30.9 Å². The zero-order valence-electron chi connectivity index (χ0n) is 9.98. The minimum atomic E-state index is -0.470. The van der Waals surface area contributed by atoms with Crippen LogP contribution in [0, 0.1) is 10.1 Å². The molecule has 0 aliphatic heterocycles. The van der Waals surface area contributed by atoms with Gasteiger partial charge >= 0.3 is 116 Å². The summed E-state index contributed by atoms with van der Waals surface area (Å²) in [6.07, 6.45) is 0. The third-order valence-electron chi connectivity index (χ3n) is 2.51. The zero-order chi connectivity index (χ0) is 13.7. The van der Waals surface area contributed by atoms with Crippen molar-refractivity contribution in [1.29, 1.82) is 0 Å². The molecule has 19 heavy (non-hydrogen) atoms. The number of nitrogens with zero attached hydrogens (tertiary/aromatic N) is 1. The molecule has 5 heteroatoms. The van der Waals surface area contributed by atoms with Crippen molar-refractivity contribution in [2.45, 2.75) is 5.32 Å². The molecule has 0 bridgehead atoms. The number of carbonyl (C=O) groups excluding carboxylic acids is 1. The molecule has 0 N–H and O–H groups in total. The van der Waals surface area contributed by atoms with E-state index in [0.29, 0.717) is 10.9 Å². The number of non-ortho nitro benzene ring substituents is 1. The van der Waals surface area contributed by atoms with Crippen LogP contribution in [0.2, 0.25) is 5.32 Å². The van der Waals surface area contributed by atoms with E-state index in [0.717, 1.165) is 0 Å². The molecule has 2 aromatic rings. The van der Waals surface area contributed by atoms with Gasteiger partial charge in [-0.3, -0.25) is 0 Å². The maximum atomic E-state index is 11.9. The fraction of sp³-hybridized carbons (Fsp3) is 0.0714. The molecule has 2 rings (SSSR count). The number of ketones is 1. The first-order valence-corrected chi connectivity index (χ1v) is 7.69. The molecule has 0 aromatic heterocycles. The standard InChI is InChI=1S/C14H11NO3Se/c16-14(10-19-13-4-2-1-3-5-13)11-6-8-12(9-7-11)15(17)18/h1-9H,10H2. The first-order valence-electron chi connectivity index (χ1n) is 5.62. The predicted molar refractivity (Wildman–Crippen MR) is 74.1 cm³/mol. The van der Waals surface area contributed by atoms with Crippen LogP contribution in [-0.4, -0.2) is 25.7 Å². The summed E-state index contributed by atoms with van der Waals surface area (Å²) in [7, 11) is 0. The Hall–Kier alpha value is -1.97. The molecule has 2 aromatic carbocycles. The van der Waals surface area contributed by atoms with Crippen molar-refractivity contribution in [3.63, 3.8) is 0 Å². The number of carbonyl (C=O) groups is 1. The van der Waals surface area contributed by atoms with E-state index < -0.39 is 4.92 Å². The molecule has 0 unspecified atom stereocenters. The van der Waals surface area contributed by atoms with Gasteiger partial charge in [-0.2, -0.15) is 0 Å². The van der Waals surface area contributed by atoms with Gasteiger partial charge in [-0.25, -0.2) is 0 Å². The average molecular weight is 320 g/mol. The molecule has 0 spiro atoms. The molecule has 4 nitrogen and oxygen atoms in total. The van der Waals surface area contributed by atoms with Gasteiger partial charge in [0.25, 0.3) is 0 Å². The molecule has 0 saturated heterocycles. The molecular formula is C14H11NO3Se. The Labute approximate surface area is 116 Å². The van der Waals surface area contributed by atoms with Crippen LogP contribution < -0.4 is 4.46 Å². The van der Waals surface area contributed by atoms with E-state index in [2.05, 4.69) is 0 Å². The second-order valence-corrected chi connectivity index (χ2v) is 6.03. The minimum absolute atomic E-state index is 0.00474. The SMILES string of the molecule is O=C(C[Se]c1ccccc1)c1ccc([N+](=O)[O-])cc1. The van der Waals surface area contributed by atoms with E-state index in [-0.39, 0.29) is 26.4 Å². The number of benzene rings is 2. The van der Waals surface area contributed by atoms with Crippen LogP contribution in [0.5, 0.6) is 0 Å². The van der Waals surface area contributed by atoms with Crippen molar-refractivity contribution in [3.8, 4) is 0 Å². The third kappa shape index (κ3) is 3.74. The van der Waals surface area contributed by atoms with Crippen LogP contribution in [0.15, 0.2) is 54.6 Å². The third-order valence-corrected chi connectivity index (χ3v) is 4.64. The zero-order valence-corrected chi connectivity index (χ0v) is 11.7. The van der Waals surface area contributed by atoms with E-state index in [1.165, 1.54) is 28.7 Å². The van der Waals surface area contributed by atoms with Crippen LogP contribution in [0.1, 0.15) is 10.4 Å². The van der Waals surface area contributed by atoms with Crippen LogP contribution in [0.4, 0.5) is 5.69 Å². The molecule has 96 valence electrons. The Morgan fingerprint density at radius 3 is 2.26 bits per heavy atom. The Balaban J connectivity index is 1.98. The molecule has 0 atom stereocenters. The number of rotatable bonds is 5. The van der Waals surface area contributed by atoms with Gasteiger partial charge in [-0.05, 0) is 0 Å². The van der Waals surface area contributed by atoms with E-state index >= 15 is 0 Å². The number of hydrogen-bond donors (Lipinski definition) is 0. The summed E-state index contributed by atoms with van der Waals surface area (Å²) in [6, 6.07) is 15.6. The van der Waals surface area contributed by atoms with Crippen molar-refractivity contribution in [1.82, 2.24) is 0 Å². The Morgan fingerprint density at radius 2 is 1.68 bits per heavy atom.